The first kappa shape index (κ1) is 11.9. The summed E-state index contributed by atoms with van der Waals surface area (Å²) in [5, 5.41) is 15.6. The van der Waals surface area contributed by atoms with Gasteiger partial charge in [0.05, 0.1) is 6.42 Å². The van der Waals surface area contributed by atoms with Crippen molar-refractivity contribution in [2.75, 3.05) is 13.1 Å². The van der Waals surface area contributed by atoms with E-state index in [-0.39, 0.29) is 17.7 Å². The summed E-state index contributed by atoms with van der Waals surface area (Å²) in [7, 11) is 0. The second-order valence-electron chi connectivity index (χ2n) is 4.46. The normalized spacial score (nSPS) is 19.9. The van der Waals surface area contributed by atoms with Crippen LogP contribution in [0.25, 0.3) is 0 Å². The van der Waals surface area contributed by atoms with Gasteiger partial charge in [0.25, 0.3) is 0 Å². The summed E-state index contributed by atoms with van der Waals surface area (Å²) in [4.78, 5) is 11.8. The zero-order valence-electron chi connectivity index (χ0n) is 9.78. The van der Waals surface area contributed by atoms with Crippen LogP contribution in [-0.4, -0.2) is 30.1 Å². The Kier molecular flexibility index (Phi) is 3.98. The molecule has 92 valence electrons. The Morgan fingerprint density at radius 3 is 3.12 bits per heavy atom. The number of hydrogen-bond donors (Lipinski definition) is 3. The Morgan fingerprint density at radius 1 is 1.53 bits per heavy atom. The zero-order valence-corrected chi connectivity index (χ0v) is 9.78. The molecular weight excluding hydrogens is 216 g/mol. The van der Waals surface area contributed by atoms with E-state index in [1.54, 1.807) is 18.2 Å². The highest BCUT2D eigenvalue weighted by Crippen LogP contribution is 2.11. The lowest BCUT2D eigenvalue weighted by Crippen LogP contribution is -2.46. The molecule has 1 heterocycles. The van der Waals surface area contributed by atoms with Gasteiger partial charge in [0.2, 0.25) is 5.91 Å². The molecule has 0 spiro atoms. The largest absolute Gasteiger partial charge is 0.508 e. The van der Waals surface area contributed by atoms with Crippen molar-refractivity contribution in [3.63, 3.8) is 0 Å². The molecule has 1 aliphatic rings. The van der Waals surface area contributed by atoms with Crippen LogP contribution in [-0.2, 0) is 11.2 Å². The van der Waals surface area contributed by atoms with Gasteiger partial charge >= 0.3 is 0 Å². The number of carbonyl (C=O) groups is 1. The Bertz CT molecular complexity index is 387. The molecule has 1 aromatic carbocycles. The first-order valence-electron chi connectivity index (χ1n) is 6.02. The summed E-state index contributed by atoms with van der Waals surface area (Å²) in [6.45, 7) is 1.89. The van der Waals surface area contributed by atoms with Gasteiger partial charge in [-0.05, 0) is 37.1 Å². The smallest absolute Gasteiger partial charge is 0.224 e. The van der Waals surface area contributed by atoms with Gasteiger partial charge in [-0.2, -0.15) is 0 Å². The van der Waals surface area contributed by atoms with E-state index in [4.69, 9.17) is 0 Å². The third-order valence-corrected chi connectivity index (χ3v) is 2.94. The van der Waals surface area contributed by atoms with Crippen molar-refractivity contribution in [2.45, 2.75) is 25.3 Å². The maximum atomic E-state index is 11.8. The van der Waals surface area contributed by atoms with Gasteiger partial charge in [0.1, 0.15) is 5.75 Å². The molecule has 1 aliphatic heterocycles. The number of piperidine rings is 1. The lowest BCUT2D eigenvalue weighted by Gasteiger charge is -2.23. The van der Waals surface area contributed by atoms with Crippen molar-refractivity contribution in [1.29, 1.82) is 0 Å². The maximum absolute atomic E-state index is 11.8. The lowest BCUT2D eigenvalue weighted by atomic mass is 10.1. The fourth-order valence-corrected chi connectivity index (χ4v) is 2.11. The topological polar surface area (TPSA) is 61.4 Å². The summed E-state index contributed by atoms with van der Waals surface area (Å²) in [6, 6.07) is 7.07. The second-order valence-corrected chi connectivity index (χ2v) is 4.46. The predicted molar refractivity (Wildman–Crippen MR) is 65.8 cm³/mol. The van der Waals surface area contributed by atoms with Crippen LogP contribution >= 0.6 is 0 Å². The fraction of sp³-hybridized carbons (Fsp3) is 0.462. The second kappa shape index (κ2) is 5.68. The Morgan fingerprint density at radius 2 is 2.41 bits per heavy atom. The number of amides is 1. The molecule has 0 radical (unpaired) electrons. The van der Waals surface area contributed by atoms with Crippen LogP contribution < -0.4 is 10.6 Å². The van der Waals surface area contributed by atoms with Crippen LogP contribution in [0, 0.1) is 0 Å². The van der Waals surface area contributed by atoms with Crippen molar-refractivity contribution in [3.05, 3.63) is 29.8 Å². The molecule has 17 heavy (non-hydrogen) atoms. The van der Waals surface area contributed by atoms with Crippen LogP contribution in [0.3, 0.4) is 0 Å². The molecular formula is C13H18N2O2. The van der Waals surface area contributed by atoms with E-state index in [0.717, 1.165) is 31.5 Å². The van der Waals surface area contributed by atoms with Gasteiger partial charge in [-0.15, -0.1) is 0 Å². The average molecular weight is 234 g/mol. The Hall–Kier alpha value is -1.55. The predicted octanol–water partition coefficient (Wildman–Crippen LogP) is 0.803. The summed E-state index contributed by atoms with van der Waals surface area (Å²) < 4.78 is 0. The molecule has 2 rings (SSSR count). The number of phenolic OH excluding ortho intramolecular Hbond substituents is 1. The molecule has 0 saturated carbocycles. The molecule has 0 aliphatic carbocycles. The van der Waals surface area contributed by atoms with E-state index in [0.29, 0.717) is 6.42 Å². The summed E-state index contributed by atoms with van der Waals surface area (Å²) in [6.07, 6.45) is 2.47. The standard InChI is InChI=1S/C13H18N2O2/c16-12-5-1-3-10(7-12)8-13(17)15-11-4-2-6-14-9-11/h1,3,5,7,11,14,16H,2,4,6,8-9H2,(H,15,17)/t11-/m0/s1. The van der Waals surface area contributed by atoms with Crippen molar-refractivity contribution in [1.82, 2.24) is 10.6 Å². The van der Waals surface area contributed by atoms with Gasteiger partial charge in [-0.25, -0.2) is 0 Å². The van der Waals surface area contributed by atoms with Gasteiger partial charge in [0.15, 0.2) is 0 Å². The highest BCUT2D eigenvalue weighted by Gasteiger charge is 2.15. The highest BCUT2D eigenvalue weighted by atomic mass is 16.3. The third-order valence-electron chi connectivity index (χ3n) is 2.94. The minimum Gasteiger partial charge on any atom is -0.508 e. The number of benzene rings is 1. The van der Waals surface area contributed by atoms with E-state index >= 15 is 0 Å². The van der Waals surface area contributed by atoms with E-state index < -0.39 is 0 Å². The molecule has 1 saturated heterocycles. The number of rotatable bonds is 3. The van der Waals surface area contributed by atoms with Gasteiger partial charge in [-0.3, -0.25) is 4.79 Å². The SMILES string of the molecule is O=C(Cc1cccc(O)c1)N[C@H]1CCCNC1. The van der Waals surface area contributed by atoms with Crippen LogP contribution in [0.2, 0.25) is 0 Å². The molecule has 0 aromatic heterocycles. The first-order valence-corrected chi connectivity index (χ1v) is 6.02. The molecule has 4 heteroatoms. The zero-order chi connectivity index (χ0) is 12.1. The molecule has 0 bridgehead atoms. The van der Waals surface area contributed by atoms with Crippen LogP contribution in [0.5, 0.6) is 5.75 Å². The van der Waals surface area contributed by atoms with Crippen molar-refractivity contribution in [3.8, 4) is 5.75 Å². The fourth-order valence-electron chi connectivity index (χ4n) is 2.11. The van der Waals surface area contributed by atoms with Crippen LogP contribution in [0.1, 0.15) is 18.4 Å². The molecule has 3 N–H and O–H groups in total. The summed E-state index contributed by atoms with van der Waals surface area (Å²) >= 11 is 0. The van der Waals surface area contributed by atoms with Crippen molar-refractivity contribution >= 4 is 5.91 Å². The van der Waals surface area contributed by atoms with E-state index in [1.807, 2.05) is 6.07 Å². The van der Waals surface area contributed by atoms with E-state index in [1.165, 1.54) is 0 Å². The minimum atomic E-state index is 0.0179. The molecule has 1 aromatic rings. The van der Waals surface area contributed by atoms with Gasteiger partial charge in [0, 0.05) is 12.6 Å². The lowest BCUT2D eigenvalue weighted by molar-refractivity contribution is -0.121. The first-order chi connectivity index (χ1) is 8.24. The van der Waals surface area contributed by atoms with Crippen LogP contribution in [0.15, 0.2) is 24.3 Å². The Labute approximate surface area is 101 Å². The quantitative estimate of drug-likeness (QED) is 0.725. The minimum absolute atomic E-state index is 0.0179. The highest BCUT2D eigenvalue weighted by molar-refractivity contribution is 5.79. The Balaban J connectivity index is 1.84. The average Bonchev–Trinajstić information content (AvgIpc) is 2.30. The number of nitrogens with one attached hydrogen (secondary N) is 2. The molecule has 0 unspecified atom stereocenters. The monoisotopic (exact) mass is 234 g/mol. The number of hydrogen-bond acceptors (Lipinski definition) is 3. The van der Waals surface area contributed by atoms with E-state index in [9.17, 15) is 9.90 Å². The molecule has 1 atom stereocenters. The van der Waals surface area contributed by atoms with E-state index in [2.05, 4.69) is 10.6 Å². The summed E-state index contributed by atoms with van der Waals surface area (Å²) in [5.74, 6) is 0.221. The molecule has 1 amide bonds. The van der Waals surface area contributed by atoms with Gasteiger partial charge < -0.3 is 15.7 Å². The maximum Gasteiger partial charge on any atom is 0.224 e. The number of carbonyl (C=O) groups excluding carboxylic acids is 1. The molecule has 1 fully saturated rings. The molecule has 4 nitrogen and oxygen atoms in total. The van der Waals surface area contributed by atoms with Crippen molar-refractivity contribution < 1.29 is 9.90 Å². The summed E-state index contributed by atoms with van der Waals surface area (Å²) in [5.41, 5.74) is 0.839. The van der Waals surface area contributed by atoms with Crippen LogP contribution in [0.4, 0.5) is 0 Å². The number of aromatic hydroxyl groups is 1. The van der Waals surface area contributed by atoms with Crippen molar-refractivity contribution in [2.24, 2.45) is 0 Å². The number of phenols is 1. The third kappa shape index (κ3) is 3.75. The van der Waals surface area contributed by atoms with Gasteiger partial charge in [-0.1, -0.05) is 12.1 Å².